The summed E-state index contributed by atoms with van der Waals surface area (Å²) < 4.78 is 0. The maximum atomic E-state index is 12.1. The van der Waals surface area contributed by atoms with Gasteiger partial charge in [0.1, 0.15) is 0 Å². The normalized spacial score (nSPS) is 10.9. The first-order valence-electron chi connectivity index (χ1n) is 7.23. The third-order valence-corrected chi connectivity index (χ3v) is 4.66. The standard InChI is InChI=1S/C17H17N3O2S/c1-10-3-4-11(2)15(7-10)23-9-16(21)18-12-5-6-13-14(8-12)20-17(22)19-13/h3-8H,9H2,1-2H3,(H,18,21)(H2,19,20,22). The van der Waals surface area contributed by atoms with E-state index in [-0.39, 0.29) is 11.6 Å². The van der Waals surface area contributed by atoms with Gasteiger partial charge in [0.15, 0.2) is 0 Å². The molecule has 0 saturated heterocycles. The number of hydrogen-bond donors (Lipinski definition) is 3. The summed E-state index contributed by atoms with van der Waals surface area (Å²) in [5, 5.41) is 2.85. The largest absolute Gasteiger partial charge is 0.325 e. The van der Waals surface area contributed by atoms with Crippen LogP contribution in [0.2, 0.25) is 0 Å². The first kappa shape index (κ1) is 15.4. The monoisotopic (exact) mass is 327 g/mol. The molecule has 0 aliphatic rings. The van der Waals surface area contributed by atoms with E-state index in [9.17, 15) is 9.59 Å². The summed E-state index contributed by atoms with van der Waals surface area (Å²) in [4.78, 5) is 29.8. The number of carbonyl (C=O) groups excluding carboxylic acids is 1. The Morgan fingerprint density at radius 2 is 1.87 bits per heavy atom. The summed E-state index contributed by atoms with van der Waals surface area (Å²) >= 11 is 1.52. The zero-order valence-corrected chi connectivity index (χ0v) is 13.7. The molecule has 0 saturated carbocycles. The van der Waals surface area contributed by atoms with Gasteiger partial charge in [0.2, 0.25) is 5.91 Å². The average molecular weight is 327 g/mol. The lowest BCUT2D eigenvalue weighted by atomic mass is 10.2. The van der Waals surface area contributed by atoms with E-state index in [1.807, 2.05) is 13.8 Å². The fourth-order valence-electron chi connectivity index (χ4n) is 2.31. The SMILES string of the molecule is Cc1ccc(C)c(SCC(=O)Nc2ccc3[nH]c(=O)[nH]c3c2)c1. The number of benzene rings is 2. The van der Waals surface area contributed by atoms with E-state index in [0.717, 1.165) is 10.4 Å². The van der Waals surface area contributed by atoms with Crippen LogP contribution in [0.5, 0.6) is 0 Å². The molecule has 1 amide bonds. The summed E-state index contributed by atoms with van der Waals surface area (Å²) in [5.41, 5.74) is 4.15. The van der Waals surface area contributed by atoms with Crippen molar-refractivity contribution in [3.8, 4) is 0 Å². The molecule has 0 aliphatic carbocycles. The maximum absolute atomic E-state index is 12.1. The Morgan fingerprint density at radius 1 is 1.09 bits per heavy atom. The molecule has 0 unspecified atom stereocenters. The third-order valence-electron chi connectivity index (χ3n) is 3.50. The summed E-state index contributed by atoms with van der Waals surface area (Å²) in [6.07, 6.45) is 0. The molecule has 1 aromatic heterocycles. The van der Waals surface area contributed by atoms with E-state index in [1.165, 1.54) is 22.9 Å². The van der Waals surface area contributed by atoms with Crippen molar-refractivity contribution >= 4 is 34.4 Å². The smallest absolute Gasteiger partial charge is 0.323 e. The summed E-state index contributed by atoms with van der Waals surface area (Å²) in [6.45, 7) is 4.08. The Balaban J connectivity index is 1.66. The summed E-state index contributed by atoms with van der Waals surface area (Å²) in [7, 11) is 0. The predicted molar refractivity (Wildman–Crippen MR) is 94.2 cm³/mol. The van der Waals surface area contributed by atoms with E-state index in [4.69, 9.17) is 0 Å². The molecule has 3 rings (SSSR count). The van der Waals surface area contributed by atoms with Gasteiger partial charge in [0, 0.05) is 10.6 Å². The predicted octanol–water partition coefficient (Wildman–Crippen LogP) is 3.20. The van der Waals surface area contributed by atoms with Crippen molar-refractivity contribution in [2.45, 2.75) is 18.7 Å². The van der Waals surface area contributed by atoms with Gasteiger partial charge < -0.3 is 15.3 Å². The Hall–Kier alpha value is -2.47. The molecule has 23 heavy (non-hydrogen) atoms. The van der Waals surface area contributed by atoms with Crippen molar-refractivity contribution in [3.05, 3.63) is 58.0 Å². The maximum Gasteiger partial charge on any atom is 0.323 e. The van der Waals surface area contributed by atoms with Crippen LogP contribution in [0.1, 0.15) is 11.1 Å². The van der Waals surface area contributed by atoms with Gasteiger partial charge in [-0.1, -0.05) is 17.7 Å². The zero-order valence-electron chi connectivity index (χ0n) is 12.9. The number of imidazole rings is 1. The van der Waals surface area contributed by atoms with Crippen LogP contribution in [-0.2, 0) is 4.79 Å². The summed E-state index contributed by atoms with van der Waals surface area (Å²) in [5.74, 6) is 0.263. The van der Waals surface area contributed by atoms with Gasteiger partial charge in [-0.25, -0.2) is 4.79 Å². The van der Waals surface area contributed by atoms with Gasteiger partial charge >= 0.3 is 5.69 Å². The molecule has 1 heterocycles. The molecule has 3 aromatic rings. The number of aryl methyl sites for hydroxylation is 2. The van der Waals surface area contributed by atoms with E-state index < -0.39 is 0 Å². The fraction of sp³-hybridized carbons (Fsp3) is 0.176. The van der Waals surface area contributed by atoms with Crippen LogP contribution in [0.15, 0.2) is 46.1 Å². The van der Waals surface area contributed by atoms with E-state index in [1.54, 1.807) is 18.2 Å². The minimum absolute atomic E-state index is 0.0758. The number of anilines is 1. The lowest BCUT2D eigenvalue weighted by Gasteiger charge is -2.08. The van der Waals surface area contributed by atoms with Gasteiger partial charge in [-0.2, -0.15) is 0 Å². The van der Waals surface area contributed by atoms with Crippen molar-refractivity contribution in [2.75, 3.05) is 11.1 Å². The number of carbonyl (C=O) groups is 1. The molecule has 0 aliphatic heterocycles. The number of aromatic nitrogens is 2. The van der Waals surface area contributed by atoms with Crippen LogP contribution in [0.3, 0.4) is 0 Å². The number of rotatable bonds is 4. The Labute approximate surface area is 137 Å². The van der Waals surface area contributed by atoms with E-state index in [0.29, 0.717) is 17.0 Å². The minimum atomic E-state index is -0.256. The highest BCUT2D eigenvalue weighted by Gasteiger charge is 2.07. The first-order valence-corrected chi connectivity index (χ1v) is 8.22. The number of amides is 1. The average Bonchev–Trinajstić information content (AvgIpc) is 2.87. The molecule has 0 spiro atoms. The van der Waals surface area contributed by atoms with Crippen LogP contribution < -0.4 is 11.0 Å². The lowest BCUT2D eigenvalue weighted by Crippen LogP contribution is -2.14. The fourth-order valence-corrected chi connectivity index (χ4v) is 3.24. The second kappa shape index (κ2) is 6.34. The quantitative estimate of drug-likeness (QED) is 0.644. The molecular weight excluding hydrogens is 310 g/mol. The van der Waals surface area contributed by atoms with Crippen LogP contribution >= 0.6 is 11.8 Å². The lowest BCUT2D eigenvalue weighted by molar-refractivity contribution is -0.113. The van der Waals surface area contributed by atoms with Crippen molar-refractivity contribution in [1.82, 2.24) is 9.97 Å². The topological polar surface area (TPSA) is 77.8 Å². The van der Waals surface area contributed by atoms with Gasteiger partial charge in [-0.15, -0.1) is 11.8 Å². The highest BCUT2D eigenvalue weighted by Crippen LogP contribution is 2.24. The molecule has 0 radical (unpaired) electrons. The number of thioether (sulfide) groups is 1. The molecular formula is C17H17N3O2S. The first-order chi connectivity index (χ1) is 11.0. The number of nitrogens with one attached hydrogen (secondary N) is 3. The molecule has 2 aromatic carbocycles. The highest BCUT2D eigenvalue weighted by atomic mass is 32.2. The molecule has 6 heteroatoms. The van der Waals surface area contributed by atoms with Crippen molar-refractivity contribution in [3.63, 3.8) is 0 Å². The molecule has 0 bridgehead atoms. The van der Waals surface area contributed by atoms with Crippen molar-refractivity contribution < 1.29 is 4.79 Å². The minimum Gasteiger partial charge on any atom is -0.325 e. The van der Waals surface area contributed by atoms with Gasteiger partial charge in [0.05, 0.1) is 16.8 Å². The molecule has 5 nitrogen and oxygen atoms in total. The molecule has 118 valence electrons. The molecule has 0 fully saturated rings. The number of fused-ring (bicyclic) bond motifs is 1. The molecule has 0 atom stereocenters. The second-order valence-electron chi connectivity index (χ2n) is 5.45. The Bertz CT molecular complexity index is 927. The Morgan fingerprint density at radius 3 is 2.70 bits per heavy atom. The van der Waals surface area contributed by atoms with Crippen molar-refractivity contribution in [1.29, 1.82) is 0 Å². The van der Waals surface area contributed by atoms with Crippen LogP contribution in [0.25, 0.3) is 11.0 Å². The number of aromatic amines is 2. The molecule has 3 N–H and O–H groups in total. The van der Waals surface area contributed by atoms with E-state index >= 15 is 0 Å². The number of hydrogen-bond acceptors (Lipinski definition) is 3. The highest BCUT2D eigenvalue weighted by molar-refractivity contribution is 8.00. The van der Waals surface area contributed by atoms with E-state index in [2.05, 4.69) is 33.5 Å². The Kier molecular flexibility index (Phi) is 4.25. The summed E-state index contributed by atoms with van der Waals surface area (Å²) in [6, 6.07) is 11.5. The van der Waals surface area contributed by atoms with Crippen molar-refractivity contribution in [2.24, 2.45) is 0 Å². The van der Waals surface area contributed by atoms with Crippen LogP contribution in [-0.4, -0.2) is 21.6 Å². The number of H-pyrrole nitrogens is 2. The van der Waals surface area contributed by atoms with Gasteiger partial charge in [0.25, 0.3) is 0 Å². The van der Waals surface area contributed by atoms with Crippen LogP contribution in [0.4, 0.5) is 5.69 Å². The second-order valence-corrected chi connectivity index (χ2v) is 6.46. The zero-order chi connectivity index (χ0) is 16.4. The van der Waals surface area contributed by atoms with Gasteiger partial charge in [-0.3, -0.25) is 4.79 Å². The van der Waals surface area contributed by atoms with Crippen LogP contribution in [0, 0.1) is 13.8 Å². The van der Waals surface area contributed by atoms with Gasteiger partial charge in [-0.05, 0) is 43.7 Å². The third kappa shape index (κ3) is 3.65.